The summed E-state index contributed by atoms with van der Waals surface area (Å²) in [6, 6.07) is 6.82. The van der Waals surface area contributed by atoms with Gasteiger partial charge in [0.05, 0.1) is 18.0 Å². The molecule has 1 N–H and O–H groups in total. The molecule has 1 atom stereocenters. The van der Waals surface area contributed by atoms with Crippen LogP contribution in [0.3, 0.4) is 0 Å². The van der Waals surface area contributed by atoms with E-state index in [1.165, 1.54) is 4.31 Å². The Morgan fingerprint density at radius 3 is 2.65 bits per heavy atom. The quantitative estimate of drug-likeness (QED) is 0.902. The SMILES string of the molecule is CC(C)CCS(=O)(=O)N1CC(C(=O)O)c2ccccc21. The van der Waals surface area contributed by atoms with Crippen LogP contribution in [0.2, 0.25) is 0 Å². The maximum Gasteiger partial charge on any atom is 0.312 e. The van der Waals surface area contributed by atoms with Crippen LogP contribution in [-0.4, -0.2) is 31.8 Å². The highest BCUT2D eigenvalue weighted by molar-refractivity contribution is 7.92. The van der Waals surface area contributed by atoms with Gasteiger partial charge in [-0.2, -0.15) is 0 Å². The van der Waals surface area contributed by atoms with E-state index in [0.29, 0.717) is 17.7 Å². The normalized spacial score (nSPS) is 18.4. The Bertz CT molecular complexity index is 609. The first-order valence-electron chi connectivity index (χ1n) is 6.65. The monoisotopic (exact) mass is 297 g/mol. The number of carboxylic acid groups (broad SMARTS) is 1. The summed E-state index contributed by atoms with van der Waals surface area (Å²) in [5.74, 6) is -1.43. The van der Waals surface area contributed by atoms with Crippen molar-refractivity contribution >= 4 is 21.7 Å². The Morgan fingerprint density at radius 1 is 1.40 bits per heavy atom. The molecule has 1 aliphatic heterocycles. The average molecular weight is 297 g/mol. The van der Waals surface area contributed by atoms with Crippen LogP contribution in [-0.2, 0) is 14.8 Å². The molecule has 20 heavy (non-hydrogen) atoms. The van der Waals surface area contributed by atoms with Crippen molar-refractivity contribution in [3.8, 4) is 0 Å². The number of carbonyl (C=O) groups is 1. The Labute approximate surface area is 119 Å². The van der Waals surface area contributed by atoms with Gasteiger partial charge in [-0.3, -0.25) is 9.10 Å². The summed E-state index contributed by atoms with van der Waals surface area (Å²) in [4.78, 5) is 11.3. The highest BCUT2D eigenvalue weighted by Gasteiger charge is 2.38. The standard InChI is InChI=1S/C14H19NO4S/c1-10(2)7-8-20(18,19)15-9-12(14(16)17)11-5-3-4-6-13(11)15/h3-6,10,12H,7-9H2,1-2H3,(H,16,17). The van der Waals surface area contributed by atoms with Crippen LogP contribution in [0.4, 0.5) is 5.69 Å². The van der Waals surface area contributed by atoms with Gasteiger partial charge >= 0.3 is 5.97 Å². The number of nitrogens with zero attached hydrogens (tertiary/aromatic N) is 1. The van der Waals surface area contributed by atoms with Gasteiger partial charge in [-0.05, 0) is 24.0 Å². The highest BCUT2D eigenvalue weighted by atomic mass is 32.2. The third kappa shape index (κ3) is 2.80. The van der Waals surface area contributed by atoms with E-state index < -0.39 is 21.9 Å². The van der Waals surface area contributed by atoms with Crippen LogP contribution in [0, 0.1) is 5.92 Å². The van der Waals surface area contributed by atoms with Gasteiger partial charge in [-0.15, -0.1) is 0 Å². The number of carboxylic acids is 1. The van der Waals surface area contributed by atoms with Gasteiger partial charge in [-0.25, -0.2) is 8.42 Å². The Kier molecular flexibility index (Phi) is 4.04. The Morgan fingerprint density at radius 2 is 2.05 bits per heavy atom. The molecule has 1 heterocycles. The second kappa shape index (κ2) is 5.44. The smallest absolute Gasteiger partial charge is 0.312 e. The summed E-state index contributed by atoms with van der Waals surface area (Å²) in [5, 5.41) is 9.24. The van der Waals surface area contributed by atoms with Crippen molar-refractivity contribution in [3.63, 3.8) is 0 Å². The molecule has 1 aliphatic rings. The number of hydrogen-bond acceptors (Lipinski definition) is 3. The molecule has 1 aromatic carbocycles. The van der Waals surface area contributed by atoms with Crippen LogP contribution >= 0.6 is 0 Å². The number of fused-ring (bicyclic) bond motifs is 1. The highest BCUT2D eigenvalue weighted by Crippen LogP contribution is 2.38. The summed E-state index contributed by atoms with van der Waals surface area (Å²) in [7, 11) is -3.46. The molecular weight excluding hydrogens is 278 g/mol. The van der Waals surface area contributed by atoms with Gasteiger partial charge in [0, 0.05) is 0 Å². The van der Waals surface area contributed by atoms with Crippen molar-refractivity contribution in [2.45, 2.75) is 26.2 Å². The average Bonchev–Trinajstić information content (AvgIpc) is 2.77. The molecule has 0 saturated carbocycles. The molecule has 2 rings (SSSR count). The first-order valence-corrected chi connectivity index (χ1v) is 8.26. The van der Waals surface area contributed by atoms with Gasteiger partial charge in [-0.1, -0.05) is 32.0 Å². The van der Waals surface area contributed by atoms with Crippen LogP contribution in [0.25, 0.3) is 0 Å². The number of rotatable bonds is 5. The Balaban J connectivity index is 2.33. The van der Waals surface area contributed by atoms with Crippen LogP contribution in [0.1, 0.15) is 31.7 Å². The second-order valence-corrected chi connectivity index (χ2v) is 7.49. The lowest BCUT2D eigenvalue weighted by molar-refractivity contribution is -0.138. The molecule has 1 aromatic rings. The molecule has 0 spiro atoms. The summed E-state index contributed by atoms with van der Waals surface area (Å²) in [6.07, 6.45) is 0.568. The minimum atomic E-state index is -3.46. The maximum absolute atomic E-state index is 12.4. The lowest BCUT2D eigenvalue weighted by atomic mass is 10.0. The molecule has 1 unspecified atom stereocenters. The molecule has 0 fully saturated rings. The zero-order valence-electron chi connectivity index (χ0n) is 11.6. The largest absolute Gasteiger partial charge is 0.481 e. The number of sulfonamides is 1. The van der Waals surface area contributed by atoms with E-state index in [0.717, 1.165) is 0 Å². The minimum absolute atomic E-state index is 0.00485. The number of benzene rings is 1. The van der Waals surface area contributed by atoms with E-state index in [2.05, 4.69) is 0 Å². The van der Waals surface area contributed by atoms with Gasteiger partial charge in [0.2, 0.25) is 10.0 Å². The third-order valence-corrected chi connectivity index (χ3v) is 5.29. The first kappa shape index (κ1) is 14.8. The second-order valence-electron chi connectivity index (χ2n) is 5.48. The zero-order valence-corrected chi connectivity index (χ0v) is 12.4. The molecule has 110 valence electrons. The Hall–Kier alpha value is -1.56. The molecule has 0 aromatic heterocycles. The van der Waals surface area contributed by atoms with E-state index in [4.69, 9.17) is 0 Å². The zero-order chi connectivity index (χ0) is 14.9. The van der Waals surface area contributed by atoms with Gasteiger partial charge in [0.25, 0.3) is 0 Å². The van der Waals surface area contributed by atoms with E-state index in [9.17, 15) is 18.3 Å². The predicted octanol–water partition coefficient (Wildman–Crippen LogP) is 2.05. The van der Waals surface area contributed by atoms with E-state index in [-0.39, 0.29) is 18.2 Å². The van der Waals surface area contributed by atoms with Crippen molar-refractivity contribution in [3.05, 3.63) is 29.8 Å². The van der Waals surface area contributed by atoms with E-state index in [1.807, 2.05) is 13.8 Å². The first-order chi connectivity index (χ1) is 9.33. The van der Waals surface area contributed by atoms with Crippen LogP contribution < -0.4 is 4.31 Å². The van der Waals surface area contributed by atoms with Gasteiger partial charge < -0.3 is 5.11 Å². The van der Waals surface area contributed by atoms with E-state index >= 15 is 0 Å². The lowest BCUT2D eigenvalue weighted by Gasteiger charge is -2.20. The van der Waals surface area contributed by atoms with Crippen molar-refractivity contribution < 1.29 is 18.3 Å². The van der Waals surface area contributed by atoms with Crippen LogP contribution in [0.5, 0.6) is 0 Å². The number of anilines is 1. The topological polar surface area (TPSA) is 74.7 Å². The molecule has 0 aliphatic carbocycles. The van der Waals surface area contributed by atoms with E-state index in [1.54, 1.807) is 24.3 Å². The van der Waals surface area contributed by atoms with Gasteiger partial charge in [0.1, 0.15) is 5.92 Å². The minimum Gasteiger partial charge on any atom is -0.481 e. The van der Waals surface area contributed by atoms with Crippen molar-refractivity contribution in [2.24, 2.45) is 5.92 Å². The summed E-state index contributed by atoms with van der Waals surface area (Å²) in [6.45, 7) is 3.93. The molecule has 0 amide bonds. The fourth-order valence-corrected chi connectivity index (χ4v) is 4.17. The fraction of sp³-hybridized carbons (Fsp3) is 0.500. The summed E-state index contributed by atoms with van der Waals surface area (Å²) in [5.41, 5.74) is 1.08. The van der Waals surface area contributed by atoms with Crippen LogP contribution in [0.15, 0.2) is 24.3 Å². The lowest BCUT2D eigenvalue weighted by Crippen LogP contribution is -2.33. The number of para-hydroxylation sites is 1. The molecule has 0 radical (unpaired) electrons. The molecule has 6 heteroatoms. The van der Waals surface area contributed by atoms with Crippen molar-refractivity contribution in [1.82, 2.24) is 0 Å². The fourth-order valence-electron chi connectivity index (χ4n) is 2.34. The molecular formula is C14H19NO4S. The van der Waals surface area contributed by atoms with Crippen molar-refractivity contribution in [2.75, 3.05) is 16.6 Å². The molecule has 0 saturated heterocycles. The molecule has 0 bridgehead atoms. The number of aliphatic carboxylic acids is 1. The third-order valence-electron chi connectivity index (χ3n) is 3.52. The van der Waals surface area contributed by atoms with Crippen molar-refractivity contribution in [1.29, 1.82) is 0 Å². The predicted molar refractivity (Wildman–Crippen MR) is 77.4 cm³/mol. The van der Waals surface area contributed by atoms with Gasteiger partial charge in [0.15, 0.2) is 0 Å². The molecule has 5 nitrogen and oxygen atoms in total. The number of hydrogen-bond donors (Lipinski definition) is 1. The summed E-state index contributed by atoms with van der Waals surface area (Å²) < 4.78 is 26.1. The maximum atomic E-state index is 12.4. The summed E-state index contributed by atoms with van der Waals surface area (Å²) >= 11 is 0.